The maximum absolute atomic E-state index is 13.6. The molecule has 1 aliphatic rings. The van der Waals surface area contributed by atoms with E-state index in [-0.39, 0.29) is 27.8 Å². The number of sulfonamides is 2. The van der Waals surface area contributed by atoms with Crippen molar-refractivity contribution in [3.05, 3.63) is 57.5 Å². The minimum atomic E-state index is -4.04. The van der Waals surface area contributed by atoms with Crippen LogP contribution in [0.3, 0.4) is 0 Å². The smallest absolute Gasteiger partial charge is 0.264 e. The summed E-state index contributed by atoms with van der Waals surface area (Å²) >= 11 is 18.4. The predicted molar refractivity (Wildman–Crippen MR) is 132 cm³/mol. The summed E-state index contributed by atoms with van der Waals surface area (Å²) in [5.74, 6) is -0.0878. The van der Waals surface area contributed by atoms with Crippen LogP contribution in [0.5, 0.6) is 0 Å². The molecule has 2 aromatic carbocycles. The Bertz CT molecular complexity index is 1170. The van der Waals surface area contributed by atoms with E-state index in [1.165, 1.54) is 45.0 Å². The topological polar surface area (TPSA) is 84.0 Å². The summed E-state index contributed by atoms with van der Waals surface area (Å²) in [6.45, 7) is 3.11. The maximum atomic E-state index is 13.6. The van der Waals surface area contributed by atoms with Gasteiger partial charge in [-0.3, -0.25) is 4.31 Å². The first-order chi connectivity index (χ1) is 15.5. The van der Waals surface area contributed by atoms with Crippen LogP contribution >= 0.6 is 34.8 Å². The van der Waals surface area contributed by atoms with Crippen molar-refractivity contribution in [2.45, 2.75) is 30.7 Å². The second kappa shape index (κ2) is 11.1. The van der Waals surface area contributed by atoms with Crippen molar-refractivity contribution < 1.29 is 21.6 Å². The number of hydrogen-bond acceptors (Lipinski definition) is 5. The zero-order valence-electron chi connectivity index (χ0n) is 18.0. The summed E-state index contributed by atoms with van der Waals surface area (Å²) in [6.07, 6.45) is 0.560. The van der Waals surface area contributed by atoms with Gasteiger partial charge in [0, 0.05) is 29.2 Å². The minimum absolute atomic E-state index is 0.0377. The largest absolute Gasteiger partial charge is 0.379 e. The van der Waals surface area contributed by atoms with E-state index in [0.717, 1.165) is 0 Å². The lowest BCUT2D eigenvalue weighted by atomic mass is 10.2. The summed E-state index contributed by atoms with van der Waals surface area (Å²) in [5, 5.41) is 0.945. The van der Waals surface area contributed by atoms with Crippen molar-refractivity contribution in [2.24, 2.45) is 0 Å². The summed E-state index contributed by atoms with van der Waals surface area (Å²) in [4.78, 5) is 0.0377. The average molecular weight is 556 g/mol. The molecule has 3 rings (SSSR count). The van der Waals surface area contributed by atoms with Crippen molar-refractivity contribution >= 4 is 60.5 Å². The fraction of sp³-hybridized carbons (Fsp3) is 0.429. The highest BCUT2D eigenvalue weighted by Crippen LogP contribution is 2.35. The number of rotatable bonds is 9. The first-order valence-corrected chi connectivity index (χ1v) is 14.5. The van der Waals surface area contributed by atoms with Crippen LogP contribution in [0.1, 0.15) is 19.8 Å². The van der Waals surface area contributed by atoms with E-state index in [9.17, 15) is 16.8 Å². The molecule has 0 aromatic heterocycles. The SMILES string of the molecule is C[C@H](CCCS(=O)(=O)N1CCOCC1)N(c1cc(Cl)ccc1Cl)S(=O)(=O)c1ccc(Cl)cc1. The molecule has 1 heterocycles. The van der Waals surface area contributed by atoms with Gasteiger partial charge in [-0.05, 0) is 62.2 Å². The average Bonchev–Trinajstić information content (AvgIpc) is 2.77. The van der Waals surface area contributed by atoms with E-state index < -0.39 is 26.1 Å². The van der Waals surface area contributed by atoms with Gasteiger partial charge in [-0.25, -0.2) is 16.8 Å². The molecular weight excluding hydrogens is 531 g/mol. The summed E-state index contributed by atoms with van der Waals surface area (Å²) in [5.41, 5.74) is 0.225. The van der Waals surface area contributed by atoms with E-state index in [1.54, 1.807) is 13.0 Å². The Hall–Kier alpha value is -1.07. The number of ether oxygens (including phenoxy) is 1. The van der Waals surface area contributed by atoms with Crippen molar-refractivity contribution in [1.29, 1.82) is 0 Å². The zero-order valence-corrected chi connectivity index (χ0v) is 21.9. The molecule has 0 aliphatic carbocycles. The number of nitrogens with zero attached hydrogens (tertiary/aromatic N) is 2. The lowest BCUT2D eigenvalue weighted by Crippen LogP contribution is -2.42. The van der Waals surface area contributed by atoms with Gasteiger partial charge in [-0.1, -0.05) is 34.8 Å². The highest BCUT2D eigenvalue weighted by Gasteiger charge is 2.32. The minimum Gasteiger partial charge on any atom is -0.379 e. The van der Waals surface area contributed by atoms with Crippen LogP contribution in [0.25, 0.3) is 0 Å². The second-order valence-corrected chi connectivity index (χ2v) is 12.9. The van der Waals surface area contributed by atoms with Gasteiger partial charge in [-0.15, -0.1) is 0 Å². The molecule has 0 N–H and O–H groups in total. The van der Waals surface area contributed by atoms with Crippen LogP contribution in [0.15, 0.2) is 47.4 Å². The van der Waals surface area contributed by atoms with Crippen molar-refractivity contribution in [3.8, 4) is 0 Å². The van der Waals surface area contributed by atoms with E-state index in [4.69, 9.17) is 39.5 Å². The molecule has 0 radical (unpaired) electrons. The van der Waals surface area contributed by atoms with Crippen LogP contribution in [-0.2, 0) is 24.8 Å². The van der Waals surface area contributed by atoms with E-state index in [0.29, 0.717) is 42.8 Å². The number of morpholine rings is 1. The standard InChI is InChI=1S/C21H25Cl3N2O5S2/c1-16(3-2-14-32(27,28)25-10-12-31-13-11-25)26(21-15-18(23)6-9-20(21)24)33(29,30)19-7-4-17(22)5-8-19/h4-9,15-16H,2-3,10-14H2,1H3/t16-/m1/s1. The molecule has 7 nitrogen and oxygen atoms in total. The maximum Gasteiger partial charge on any atom is 0.264 e. The molecule has 1 atom stereocenters. The third kappa shape index (κ3) is 6.54. The number of hydrogen-bond donors (Lipinski definition) is 0. The Morgan fingerprint density at radius 3 is 2.21 bits per heavy atom. The van der Waals surface area contributed by atoms with Gasteiger partial charge < -0.3 is 4.74 Å². The molecular formula is C21H25Cl3N2O5S2. The number of benzene rings is 2. The Labute approximate surface area is 210 Å². The van der Waals surface area contributed by atoms with E-state index >= 15 is 0 Å². The molecule has 0 amide bonds. The van der Waals surface area contributed by atoms with Gasteiger partial charge in [0.25, 0.3) is 10.0 Å². The molecule has 1 saturated heterocycles. The normalized spacial score (nSPS) is 16.5. The molecule has 0 bridgehead atoms. The summed E-state index contributed by atoms with van der Waals surface area (Å²) < 4.78 is 60.3. The Morgan fingerprint density at radius 1 is 0.970 bits per heavy atom. The van der Waals surface area contributed by atoms with Crippen LogP contribution in [0.4, 0.5) is 5.69 Å². The van der Waals surface area contributed by atoms with E-state index in [2.05, 4.69) is 0 Å². The Morgan fingerprint density at radius 2 is 1.58 bits per heavy atom. The molecule has 182 valence electrons. The van der Waals surface area contributed by atoms with Crippen molar-refractivity contribution in [3.63, 3.8) is 0 Å². The van der Waals surface area contributed by atoms with Gasteiger partial charge in [0.15, 0.2) is 0 Å². The Balaban J connectivity index is 1.86. The third-order valence-corrected chi connectivity index (χ3v) is 10.0. The van der Waals surface area contributed by atoms with Crippen LogP contribution in [0, 0.1) is 0 Å². The first-order valence-electron chi connectivity index (χ1n) is 10.3. The fourth-order valence-electron chi connectivity index (χ4n) is 3.61. The highest BCUT2D eigenvalue weighted by molar-refractivity contribution is 7.93. The highest BCUT2D eigenvalue weighted by atomic mass is 35.5. The lowest BCUT2D eigenvalue weighted by Gasteiger charge is -2.32. The predicted octanol–water partition coefficient (Wildman–Crippen LogP) is 4.67. The molecule has 0 spiro atoms. The second-order valence-electron chi connectivity index (χ2n) is 7.67. The lowest BCUT2D eigenvalue weighted by molar-refractivity contribution is 0.0730. The first kappa shape index (κ1) is 26.5. The van der Waals surface area contributed by atoms with Crippen molar-refractivity contribution in [2.75, 3.05) is 36.4 Å². The van der Waals surface area contributed by atoms with Crippen LogP contribution < -0.4 is 4.31 Å². The molecule has 0 unspecified atom stereocenters. The number of anilines is 1. The molecule has 2 aromatic rings. The van der Waals surface area contributed by atoms with Crippen LogP contribution in [-0.4, -0.2) is 59.2 Å². The molecule has 1 fully saturated rings. The van der Waals surface area contributed by atoms with E-state index in [1.807, 2.05) is 0 Å². The fourth-order valence-corrected chi connectivity index (χ4v) is 7.35. The zero-order chi connectivity index (χ0) is 24.2. The van der Waals surface area contributed by atoms with Crippen LogP contribution in [0.2, 0.25) is 15.1 Å². The van der Waals surface area contributed by atoms with Gasteiger partial charge in [0.1, 0.15) is 0 Å². The number of halogens is 3. The Kier molecular flexibility index (Phi) is 8.94. The van der Waals surface area contributed by atoms with Gasteiger partial charge in [0.2, 0.25) is 10.0 Å². The summed E-state index contributed by atoms with van der Waals surface area (Å²) in [7, 11) is -7.49. The third-order valence-electron chi connectivity index (χ3n) is 5.30. The van der Waals surface area contributed by atoms with Gasteiger partial charge in [0.05, 0.1) is 34.6 Å². The monoisotopic (exact) mass is 554 g/mol. The molecule has 1 aliphatic heterocycles. The molecule has 0 saturated carbocycles. The van der Waals surface area contributed by atoms with Gasteiger partial charge >= 0.3 is 0 Å². The van der Waals surface area contributed by atoms with Crippen molar-refractivity contribution in [1.82, 2.24) is 4.31 Å². The summed E-state index contributed by atoms with van der Waals surface area (Å²) in [6, 6.07) is 9.80. The molecule has 33 heavy (non-hydrogen) atoms. The van der Waals surface area contributed by atoms with Gasteiger partial charge in [-0.2, -0.15) is 4.31 Å². The quantitative estimate of drug-likeness (QED) is 0.449. The molecule has 12 heteroatoms.